The number of para-hydroxylation sites is 1. The lowest BCUT2D eigenvalue weighted by Gasteiger charge is -1.99. The summed E-state index contributed by atoms with van der Waals surface area (Å²) in [6, 6.07) is 9.85. The Labute approximate surface area is 87.3 Å². The predicted octanol–water partition coefficient (Wildman–Crippen LogP) is 2.00. The van der Waals surface area contributed by atoms with E-state index in [9.17, 15) is 4.79 Å². The third kappa shape index (κ3) is 1.28. The molecule has 1 heterocycles. The standard InChI is InChI=1S/C12H10N2O/c15-12-7-6-11-10(12)8-14(13-11)9-4-2-1-3-5-9/h1-5,8H,6-7H2. The zero-order valence-electron chi connectivity index (χ0n) is 8.18. The molecule has 1 aromatic carbocycles. The fourth-order valence-electron chi connectivity index (χ4n) is 1.91. The Morgan fingerprint density at radius 2 is 1.93 bits per heavy atom. The van der Waals surface area contributed by atoms with Crippen molar-refractivity contribution in [2.75, 3.05) is 0 Å². The fourth-order valence-corrected chi connectivity index (χ4v) is 1.91. The Morgan fingerprint density at radius 1 is 1.13 bits per heavy atom. The normalized spacial score (nSPS) is 14.3. The summed E-state index contributed by atoms with van der Waals surface area (Å²) >= 11 is 0. The van der Waals surface area contributed by atoms with Gasteiger partial charge < -0.3 is 0 Å². The molecular weight excluding hydrogens is 188 g/mol. The highest BCUT2D eigenvalue weighted by molar-refractivity contribution is 5.99. The van der Waals surface area contributed by atoms with Crippen molar-refractivity contribution < 1.29 is 4.79 Å². The number of Topliss-reactive ketones (excluding diaryl/α,β-unsaturated/α-hetero) is 1. The van der Waals surface area contributed by atoms with Crippen molar-refractivity contribution in [2.24, 2.45) is 0 Å². The highest BCUT2D eigenvalue weighted by atomic mass is 16.1. The Morgan fingerprint density at radius 3 is 2.67 bits per heavy atom. The summed E-state index contributed by atoms with van der Waals surface area (Å²) in [5.74, 6) is 0.215. The van der Waals surface area contributed by atoms with E-state index in [-0.39, 0.29) is 5.78 Å². The van der Waals surface area contributed by atoms with E-state index in [2.05, 4.69) is 5.10 Å². The molecule has 1 aliphatic rings. The summed E-state index contributed by atoms with van der Waals surface area (Å²) < 4.78 is 1.78. The molecule has 0 saturated heterocycles. The van der Waals surface area contributed by atoms with Crippen LogP contribution in [0.3, 0.4) is 0 Å². The van der Waals surface area contributed by atoms with Gasteiger partial charge >= 0.3 is 0 Å². The minimum Gasteiger partial charge on any atom is -0.294 e. The molecule has 0 amide bonds. The number of ketones is 1. The van der Waals surface area contributed by atoms with Crippen molar-refractivity contribution in [3.63, 3.8) is 0 Å². The number of nitrogens with zero attached hydrogens (tertiary/aromatic N) is 2. The summed E-state index contributed by atoms with van der Waals surface area (Å²) in [6.45, 7) is 0. The quantitative estimate of drug-likeness (QED) is 0.702. The molecule has 3 heteroatoms. The van der Waals surface area contributed by atoms with Crippen LogP contribution in [0.5, 0.6) is 0 Å². The van der Waals surface area contributed by atoms with Crippen LogP contribution in [0.25, 0.3) is 5.69 Å². The van der Waals surface area contributed by atoms with E-state index in [0.717, 1.165) is 23.4 Å². The Kier molecular flexibility index (Phi) is 1.71. The van der Waals surface area contributed by atoms with Gasteiger partial charge in [0.2, 0.25) is 0 Å². The van der Waals surface area contributed by atoms with Crippen LogP contribution in [-0.2, 0) is 6.42 Å². The lowest BCUT2D eigenvalue weighted by molar-refractivity contribution is 0.0994. The third-order valence-corrected chi connectivity index (χ3v) is 2.70. The summed E-state index contributed by atoms with van der Waals surface area (Å²) in [7, 11) is 0. The first-order valence-corrected chi connectivity index (χ1v) is 5.02. The molecule has 1 aromatic heterocycles. The van der Waals surface area contributed by atoms with Gasteiger partial charge in [0.15, 0.2) is 5.78 Å². The maximum absolute atomic E-state index is 11.5. The number of fused-ring (bicyclic) bond motifs is 1. The van der Waals surface area contributed by atoms with Crippen molar-refractivity contribution in [3.05, 3.63) is 47.8 Å². The maximum atomic E-state index is 11.5. The Hall–Kier alpha value is -1.90. The Bertz CT molecular complexity index is 514. The number of carbonyl (C=O) groups excluding carboxylic acids is 1. The molecule has 3 nitrogen and oxygen atoms in total. The van der Waals surface area contributed by atoms with Crippen LogP contribution in [0, 0.1) is 0 Å². The van der Waals surface area contributed by atoms with Crippen molar-refractivity contribution in [1.29, 1.82) is 0 Å². The second-order valence-corrected chi connectivity index (χ2v) is 3.69. The largest absolute Gasteiger partial charge is 0.294 e. The molecule has 2 aromatic rings. The monoisotopic (exact) mass is 198 g/mol. The summed E-state index contributed by atoms with van der Waals surface area (Å²) in [4.78, 5) is 11.5. The number of benzene rings is 1. The number of hydrogen-bond acceptors (Lipinski definition) is 2. The van der Waals surface area contributed by atoms with Crippen molar-refractivity contribution in [1.82, 2.24) is 9.78 Å². The van der Waals surface area contributed by atoms with Crippen molar-refractivity contribution in [2.45, 2.75) is 12.8 Å². The van der Waals surface area contributed by atoms with Crippen LogP contribution < -0.4 is 0 Å². The van der Waals surface area contributed by atoms with Gasteiger partial charge in [-0.2, -0.15) is 5.10 Å². The first-order valence-electron chi connectivity index (χ1n) is 5.02. The van der Waals surface area contributed by atoms with Gasteiger partial charge in [0, 0.05) is 12.6 Å². The topological polar surface area (TPSA) is 34.9 Å². The average molecular weight is 198 g/mol. The molecule has 0 fully saturated rings. The smallest absolute Gasteiger partial charge is 0.166 e. The summed E-state index contributed by atoms with van der Waals surface area (Å²) in [5.41, 5.74) is 2.72. The van der Waals surface area contributed by atoms with Crippen LogP contribution in [0.15, 0.2) is 36.5 Å². The minimum atomic E-state index is 0.215. The molecule has 15 heavy (non-hydrogen) atoms. The molecule has 0 radical (unpaired) electrons. The third-order valence-electron chi connectivity index (χ3n) is 2.70. The first-order chi connectivity index (χ1) is 7.34. The van der Waals surface area contributed by atoms with E-state index >= 15 is 0 Å². The lowest BCUT2D eigenvalue weighted by Crippen LogP contribution is -1.96. The highest BCUT2D eigenvalue weighted by Gasteiger charge is 2.23. The number of hydrogen-bond donors (Lipinski definition) is 0. The number of carbonyl (C=O) groups is 1. The van der Waals surface area contributed by atoms with Crippen molar-refractivity contribution in [3.8, 4) is 5.69 Å². The Balaban J connectivity index is 2.09. The lowest BCUT2D eigenvalue weighted by atomic mass is 10.2. The number of rotatable bonds is 1. The molecule has 0 spiro atoms. The van der Waals surface area contributed by atoms with Crippen LogP contribution >= 0.6 is 0 Å². The van der Waals surface area contributed by atoms with Gasteiger partial charge in [0.1, 0.15) is 0 Å². The van der Waals surface area contributed by atoms with Gasteiger partial charge in [-0.15, -0.1) is 0 Å². The molecule has 0 saturated carbocycles. The van der Waals surface area contributed by atoms with E-state index in [1.165, 1.54) is 0 Å². The van der Waals surface area contributed by atoms with Gasteiger partial charge in [0.25, 0.3) is 0 Å². The van der Waals surface area contributed by atoms with Gasteiger partial charge in [0.05, 0.1) is 16.9 Å². The fraction of sp³-hybridized carbons (Fsp3) is 0.167. The van der Waals surface area contributed by atoms with E-state index in [1.54, 1.807) is 4.68 Å². The molecule has 0 unspecified atom stereocenters. The maximum Gasteiger partial charge on any atom is 0.166 e. The minimum absolute atomic E-state index is 0.215. The molecule has 0 atom stereocenters. The van der Waals surface area contributed by atoms with Crippen molar-refractivity contribution >= 4 is 5.78 Å². The summed E-state index contributed by atoms with van der Waals surface area (Å²) in [5, 5.41) is 4.41. The molecule has 0 bridgehead atoms. The number of aromatic nitrogens is 2. The molecule has 3 rings (SSSR count). The predicted molar refractivity (Wildman–Crippen MR) is 56.2 cm³/mol. The average Bonchev–Trinajstić information content (AvgIpc) is 2.83. The SMILES string of the molecule is O=C1CCc2nn(-c3ccccc3)cc21. The molecule has 0 aliphatic heterocycles. The van der Waals surface area contributed by atoms with Gasteiger partial charge in [-0.25, -0.2) is 4.68 Å². The molecule has 74 valence electrons. The first kappa shape index (κ1) is 8.41. The van der Waals surface area contributed by atoms with Gasteiger partial charge in [-0.05, 0) is 18.6 Å². The van der Waals surface area contributed by atoms with Gasteiger partial charge in [-0.3, -0.25) is 4.79 Å². The highest BCUT2D eigenvalue weighted by Crippen LogP contribution is 2.21. The zero-order valence-corrected chi connectivity index (χ0v) is 8.18. The van der Waals surface area contributed by atoms with E-state index < -0.39 is 0 Å². The second-order valence-electron chi connectivity index (χ2n) is 3.69. The second kappa shape index (κ2) is 3.05. The van der Waals surface area contributed by atoms with Crippen LogP contribution in [0.2, 0.25) is 0 Å². The van der Waals surface area contributed by atoms with E-state index in [0.29, 0.717) is 6.42 Å². The molecule has 0 N–H and O–H groups in total. The van der Waals surface area contributed by atoms with Gasteiger partial charge in [-0.1, -0.05) is 18.2 Å². The van der Waals surface area contributed by atoms with Crippen LogP contribution in [-0.4, -0.2) is 15.6 Å². The number of aryl methyl sites for hydroxylation is 1. The summed E-state index contributed by atoms with van der Waals surface area (Å²) in [6.07, 6.45) is 3.24. The zero-order chi connectivity index (χ0) is 10.3. The van der Waals surface area contributed by atoms with Crippen LogP contribution in [0.4, 0.5) is 0 Å². The van der Waals surface area contributed by atoms with Crippen LogP contribution in [0.1, 0.15) is 22.5 Å². The van der Waals surface area contributed by atoms with E-state index in [1.807, 2.05) is 36.5 Å². The van der Waals surface area contributed by atoms with E-state index in [4.69, 9.17) is 0 Å². The molecule has 1 aliphatic carbocycles. The molecular formula is C12H10N2O.